The number of amides is 2. The number of anilines is 1. The minimum absolute atomic E-state index is 0.0498. The van der Waals surface area contributed by atoms with Crippen molar-refractivity contribution in [2.24, 2.45) is 0 Å². The molecule has 0 radical (unpaired) electrons. The molecule has 0 atom stereocenters. The quantitative estimate of drug-likeness (QED) is 0.745. The second-order valence-corrected chi connectivity index (χ2v) is 6.87. The Labute approximate surface area is 162 Å². The summed E-state index contributed by atoms with van der Waals surface area (Å²) in [6.07, 6.45) is 2.10. The van der Waals surface area contributed by atoms with Gasteiger partial charge in [0, 0.05) is 18.2 Å². The van der Waals surface area contributed by atoms with E-state index < -0.39 is 17.7 Å². The van der Waals surface area contributed by atoms with Gasteiger partial charge in [-0.15, -0.1) is 0 Å². The lowest BCUT2D eigenvalue weighted by atomic mass is 9.90. The third-order valence-corrected chi connectivity index (χ3v) is 4.42. The third-order valence-electron chi connectivity index (χ3n) is 4.11. The van der Waals surface area contributed by atoms with E-state index in [1.165, 1.54) is 7.05 Å². The molecule has 0 saturated carbocycles. The van der Waals surface area contributed by atoms with Crippen molar-refractivity contribution < 1.29 is 23.5 Å². The van der Waals surface area contributed by atoms with Gasteiger partial charge in [-0.2, -0.15) is 0 Å². The zero-order chi connectivity index (χ0) is 20.1. The zero-order valence-electron chi connectivity index (χ0n) is 15.4. The van der Waals surface area contributed by atoms with E-state index in [0.717, 1.165) is 25.0 Å². The van der Waals surface area contributed by atoms with Gasteiger partial charge in [0.25, 0.3) is 5.91 Å². The Balaban J connectivity index is 2.33. The van der Waals surface area contributed by atoms with Gasteiger partial charge in [-0.05, 0) is 51.7 Å². The second kappa shape index (κ2) is 8.99. The van der Waals surface area contributed by atoms with E-state index in [4.69, 9.17) is 16.3 Å². The largest absolute Gasteiger partial charge is 0.459 e. The monoisotopic (exact) mass is 396 g/mol. The SMILES string of the molecule is CNC(=O)C1=C(C(=O)Nc2cc(C(=O)OC(C)C)c(Cl)cc2F)CCCC1. The van der Waals surface area contributed by atoms with Crippen LogP contribution in [-0.2, 0) is 14.3 Å². The summed E-state index contributed by atoms with van der Waals surface area (Å²) in [5, 5.41) is 4.85. The fraction of sp³-hybridized carbons (Fsp3) is 0.421. The van der Waals surface area contributed by atoms with E-state index in [2.05, 4.69) is 10.6 Å². The van der Waals surface area contributed by atoms with E-state index in [0.29, 0.717) is 24.0 Å². The van der Waals surface area contributed by atoms with Crippen LogP contribution in [0.4, 0.5) is 10.1 Å². The molecule has 0 fully saturated rings. The summed E-state index contributed by atoms with van der Waals surface area (Å²) in [6, 6.07) is 2.09. The van der Waals surface area contributed by atoms with Gasteiger partial charge in [-0.3, -0.25) is 9.59 Å². The molecule has 2 amide bonds. The molecule has 2 rings (SSSR count). The molecule has 1 aromatic rings. The Morgan fingerprint density at radius 1 is 1.11 bits per heavy atom. The number of halogens is 2. The Hall–Kier alpha value is -2.41. The van der Waals surface area contributed by atoms with Crippen LogP contribution < -0.4 is 10.6 Å². The predicted molar refractivity (Wildman–Crippen MR) is 100 cm³/mol. The minimum Gasteiger partial charge on any atom is -0.459 e. The Morgan fingerprint density at radius 3 is 2.26 bits per heavy atom. The molecule has 2 N–H and O–H groups in total. The molecule has 0 bridgehead atoms. The number of benzene rings is 1. The smallest absolute Gasteiger partial charge is 0.339 e. The average Bonchev–Trinajstić information content (AvgIpc) is 2.62. The van der Waals surface area contributed by atoms with Crippen LogP contribution in [0.1, 0.15) is 49.9 Å². The van der Waals surface area contributed by atoms with Crippen molar-refractivity contribution >= 4 is 35.1 Å². The Kier molecular flexibility index (Phi) is 6.96. The number of esters is 1. The standard InChI is InChI=1S/C19H22ClFN2O4/c1-10(2)27-19(26)13-8-16(15(21)9-14(13)20)23-18(25)12-7-5-4-6-11(12)17(24)22-3/h8-10H,4-7H2,1-3H3,(H,22,24)(H,23,25). The number of carbonyl (C=O) groups is 3. The highest BCUT2D eigenvalue weighted by atomic mass is 35.5. The fourth-order valence-corrected chi connectivity index (χ4v) is 3.06. The van der Waals surface area contributed by atoms with E-state index in [1.807, 2.05) is 0 Å². The van der Waals surface area contributed by atoms with Crippen LogP contribution >= 0.6 is 11.6 Å². The minimum atomic E-state index is -0.785. The molecule has 6 nitrogen and oxygen atoms in total. The molecule has 0 saturated heterocycles. The highest BCUT2D eigenvalue weighted by Crippen LogP contribution is 2.29. The summed E-state index contributed by atoms with van der Waals surface area (Å²) in [5.74, 6) is -2.39. The molecule has 0 heterocycles. The van der Waals surface area contributed by atoms with Crippen LogP contribution in [0.2, 0.25) is 5.02 Å². The van der Waals surface area contributed by atoms with Gasteiger partial charge < -0.3 is 15.4 Å². The normalized spacial score (nSPS) is 14.1. The number of nitrogens with one attached hydrogen (secondary N) is 2. The summed E-state index contributed by atoms with van der Waals surface area (Å²) >= 11 is 5.93. The van der Waals surface area contributed by atoms with Crippen molar-refractivity contribution in [1.29, 1.82) is 0 Å². The van der Waals surface area contributed by atoms with Crippen LogP contribution in [0.15, 0.2) is 23.3 Å². The number of ether oxygens (including phenoxy) is 1. The second-order valence-electron chi connectivity index (χ2n) is 6.46. The maximum Gasteiger partial charge on any atom is 0.339 e. The first-order valence-corrected chi connectivity index (χ1v) is 9.07. The Bertz CT molecular complexity index is 805. The van der Waals surface area contributed by atoms with Crippen LogP contribution in [0.3, 0.4) is 0 Å². The van der Waals surface area contributed by atoms with Crippen molar-refractivity contribution in [1.82, 2.24) is 5.32 Å². The molecule has 0 aromatic heterocycles. The topological polar surface area (TPSA) is 84.5 Å². The molecular weight excluding hydrogens is 375 g/mol. The van der Waals surface area contributed by atoms with Gasteiger partial charge in [0.05, 0.1) is 22.4 Å². The predicted octanol–water partition coefficient (Wildman–Crippen LogP) is 3.60. The summed E-state index contributed by atoms with van der Waals surface area (Å²) < 4.78 is 19.3. The van der Waals surface area contributed by atoms with Gasteiger partial charge in [-0.25, -0.2) is 9.18 Å². The number of rotatable bonds is 5. The molecular formula is C19H22ClFN2O4. The van der Waals surface area contributed by atoms with Gasteiger partial charge >= 0.3 is 5.97 Å². The number of likely N-dealkylation sites (N-methyl/N-ethyl adjacent to an activating group) is 1. The number of hydrogen-bond donors (Lipinski definition) is 2. The van der Waals surface area contributed by atoms with Crippen LogP contribution in [-0.4, -0.2) is 30.9 Å². The highest BCUT2D eigenvalue weighted by molar-refractivity contribution is 6.33. The third kappa shape index (κ3) is 5.07. The lowest BCUT2D eigenvalue weighted by molar-refractivity contribution is -0.118. The summed E-state index contributed by atoms with van der Waals surface area (Å²) in [7, 11) is 1.49. The first-order valence-electron chi connectivity index (χ1n) is 8.70. The summed E-state index contributed by atoms with van der Waals surface area (Å²) in [6.45, 7) is 3.35. The fourth-order valence-electron chi connectivity index (χ4n) is 2.83. The van der Waals surface area contributed by atoms with Crippen molar-refractivity contribution in [2.75, 3.05) is 12.4 Å². The maximum atomic E-state index is 14.3. The van der Waals surface area contributed by atoms with Gasteiger partial charge in [-0.1, -0.05) is 11.6 Å². The molecule has 0 unspecified atom stereocenters. The van der Waals surface area contributed by atoms with E-state index in [9.17, 15) is 18.8 Å². The van der Waals surface area contributed by atoms with E-state index in [1.54, 1.807) is 13.8 Å². The van der Waals surface area contributed by atoms with E-state index >= 15 is 0 Å². The summed E-state index contributed by atoms with van der Waals surface area (Å²) in [4.78, 5) is 36.7. The summed E-state index contributed by atoms with van der Waals surface area (Å²) in [5.41, 5.74) is 0.469. The molecule has 0 spiro atoms. The van der Waals surface area contributed by atoms with Crippen molar-refractivity contribution in [2.45, 2.75) is 45.6 Å². The maximum absolute atomic E-state index is 14.3. The lowest BCUT2D eigenvalue weighted by Crippen LogP contribution is -2.27. The highest BCUT2D eigenvalue weighted by Gasteiger charge is 2.25. The molecule has 27 heavy (non-hydrogen) atoms. The molecule has 8 heteroatoms. The van der Waals surface area contributed by atoms with Gasteiger partial charge in [0.1, 0.15) is 5.82 Å². The molecule has 1 aliphatic carbocycles. The first kappa shape index (κ1) is 20.9. The molecule has 0 aliphatic heterocycles. The van der Waals surface area contributed by atoms with Crippen LogP contribution in [0.25, 0.3) is 0 Å². The molecule has 1 aromatic carbocycles. The Morgan fingerprint density at radius 2 is 1.70 bits per heavy atom. The van der Waals surface area contributed by atoms with Crippen LogP contribution in [0, 0.1) is 5.82 Å². The lowest BCUT2D eigenvalue weighted by Gasteiger charge is -2.19. The zero-order valence-corrected chi connectivity index (χ0v) is 16.2. The molecule has 146 valence electrons. The van der Waals surface area contributed by atoms with Crippen molar-refractivity contribution in [3.8, 4) is 0 Å². The first-order chi connectivity index (χ1) is 12.7. The number of carbonyl (C=O) groups excluding carboxylic acids is 3. The van der Waals surface area contributed by atoms with Crippen LogP contribution in [0.5, 0.6) is 0 Å². The average molecular weight is 397 g/mol. The van der Waals surface area contributed by atoms with Crippen molar-refractivity contribution in [3.63, 3.8) is 0 Å². The van der Waals surface area contributed by atoms with Gasteiger partial charge in [0.2, 0.25) is 5.91 Å². The van der Waals surface area contributed by atoms with E-state index in [-0.39, 0.29) is 28.3 Å². The van der Waals surface area contributed by atoms with Gasteiger partial charge in [0.15, 0.2) is 0 Å². The van der Waals surface area contributed by atoms with Crippen molar-refractivity contribution in [3.05, 3.63) is 39.7 Å². The number of hydrogen-bond acceptors (Lipinski definition) is 4. The molecule has 1 aliphatic rings.